The van der Waals surface area contributed by atoms with Crippen LogP contribution in [0, 0.1) is 5.41 Å². The Morgan fingerprint density at radius 3 is 2.71 bits per heavy atom. The molecule has 1 aliphatic carbocycles. The molecule has 1 saturated carbocycles. The average Bonchev–Trinajstić information content (AvgIpc) is 2.92. The number of aliphatic hydroxyl groups excluding tert-OH is 1. The van der Waals surface area contributed by atoms with Crippen LogP contribution in [0.2, 0.25) is 0 Å². The highest BCUT2D eigenvalue weighted by Crippen LogP contribution is 2.48. The van der Waals surface area contributed by atoms with Crippen molar-refractivity contribution in [3.05, 3.63) is 0 Å². The number of hydrogen-bond donors (Lipinski definition) is 2. The molecule has 2 N–H and O–H groups in total. The zero-order chi connectivity index (χ0) is 10.6. The zero-order valence-electron chi connectivity index (χ0n) is 8.88. The van der Waals surface area contributed by atoms with Gasteiger partial charge in [-0.1, -0.05) is 0 Å². The van der Waals surface area contributed by atoms with Crippen LogP contribution in [0.4, 0.5) is 0 Å². The molecule has 4 nitrogen and oxygen atoms in total. The van der Waals surface area contributed by atoms with Gasteiger partial charge in [-0.05, 0) is 26.2 Å². The number of nitrogens with one attached hydrogen (secondary N) is 1. The van der Waals surface area contributed by atoms with Gasteiger partial charge in [0.2, 0.25) is 5.91 Å². The van der Waals surface area contributed by atoms with E-state index in [1.165, 1.54) is 0 Å². The molecule has 0 bridgehead atoms. The first-order valence-corrected chi connectivity index (χ1v) is 5.06. The number of carbonyl (C=O) groups is 1. The van der Waals surface area contributed by atoms with Gasteiger partial charge >= 0.3 is 0 Å². The number of hydrogen-bond acceptors (Lipinski definition) is 3. The van der Waals surface area contributed by atoms with Crippen molar-refractivity contribution in [2.75, 3.05) is 20.3 Å². The van der Waals surface area contributed by atoms with Crippen LogP contribution in [0.3, 0.4) is 0 Å². The predicted octanol–water partition coefficient (Wildman–Crippen LogP) is 0.300. The number of ether oxygens (including phenoxy) is 1. The fourth-order valence-corrected chi connectivity index (χ4v) is 1.47. The van der Waals surface area contributed by atoms with E-state index in [1.807, 2.05) is 0 Å². The van der Waals surface area contributed by atoms with E-state index in [-0.39, 0.29) is 11.3 Å². The van der Waals surface area contributed by atoms with E-state index in [2.05, 4.69) is 5.32 Å². The summed E-state index contributed by atoms with van der Waals surface area (Å²) in [5.74, 6) is 0.0652. The van der Waals surface area contributed by atoms with Crippen molar-refractivity contribution in [3.63, 3.8) is 0 Å². The van der Waals surface area contributed by atoms with Crippen LogP contribution in [-0.4, -0.2) is 37.4 Å². The Morgan fingerprint density at radius 1 is 1.64 bits per heavy atom. The molecule has 0 aromatic rings. The maximum atomic E-state index is 11.7. The number of amides is 1. The molecule has 0 spiro atoms. The van der Waals surface area contributed by atoms with Gasteiger partial charge in [0.05, 0.1) is 11.5 Å². The minimum Gasteiger partial charge on any atom is -0.392 e. The second-order valence-electron chi connectivity index (χ2n) is 4.08. The van der Waals surface area contributed by atoms with Gasteiger partial charge in [-0.3, -0.25) is 4.79 Å². The van der Waals surface area contributed by atoms with E-state index in [9.17, 15) is 4.79 Å². The fraction of sp³-hybridized carbons (Fsp3) is 0.900. The summed E-state index contributed by atoms with van der Waals surface area (Å²) in [6.07, 6.45) is 2.20. The standard InChI is InChI=1S/C10H19NO3/c1-8(12)7-11-9(13)10(3-4-10)5-6-14-2/h8,12H,3-7H2,1-2H3,(H,11,13). The topological polar surface area (TPSA) is 58.6 Å². The van der Waals surface area contributed by atoms with Crippen molar-refractivity contribution < 1.29 is 14.6 Å². The van der Waals surface area contributed by atoms with Crippen molar-refractivity contribution in [2.45, 2.75) is 32.3 Å². The second kappa shape index (κ2) is 4.75. The summed E-state index contributed by atoms with van der Waals surface area (Å²) >= 11 is 0. The highest BCUT2D eigenvalue weighted by Gasteiger charge is 2.48. The van der Waals surface area contributed by atoms with Gasteiger partial charge in [0, 0.05) is 20.3 Å². The van der Waals surface area contributed by atoms with Crippen LogP contribution in [-0.2, 0) is 9.53 Å². The maximum absolute atomic E-state index is 11.7. The molecule has 1 fully saturated rings. The van der Waals surface area contributed by atoms with E-state index in [1.54, 1.807) is 14.0 Å². The SMILES string of the molecule is COCCC1(C(=O)NCC(C)O)CC1. The zero-order valence-corrected chi connectivity index (χ0v) is 8.88. The van der Waals surface area contributed by atoms with Gasteiger partial charge < -0.3 is 15.2 Å². The normalized spacial score (nSPS) is 20.2. The summed E-state index contributed by atoms with van der Waals surface area (Å²) in [6, 6.07) is 0. The predicted molar refractivity (Wildman–Crippen MR) is 52.9 cm³/mol. The first kappa shape index (κ1) is 11.5. The lowest BCUT2D eigenvalue weighted by Crippen LogP contribution is -2.36. The van der Waals surface area contributed by atoms with Gasteiger partial charge in [0.1, 0.15) is 0 Å². The first-order chi connectivity index (χ1) is 6.60. The Bertz CT molecular complexity index is 200. The summed E-state index contributed by atoms with van der Waals surface area (Å²) in [5.41, 5.74) is -0.190. The lowest BCUT2D eigenvalue weighted by atomic mass is 10.0. The van der Waals surface area contributed by atoms with Crippen LogP contribution in [0.25, 0.3) is 0 Å². The molecule has 82 valence electrons. The molecule has 1 amide bonds. The van der Waals surface area contributed by atoms with E-state index in [0.717, 1.165) is 19.3 Å². The van der Waals surface area contributed by atoms with Crippen LogP contribution in [0.1, 0.15) is 26.2 Å². The van der Waals surface area contributed by atoms with Crippen molar-refractivity contribution >= 4 is 5.91 Å². The molecule has 1 aliphatic rings. The Hall–Kier alpha value is -0.610. The highest BCUT2D eigenvalue weighted by molar-refractivity contribution is 5.85. The van der Waals surface area contributed by atoms with E-state index >= 15 is 0 Å². The largest absolute Gasteiger partial charge is 0.392 e. The fourth-order valence-electron chi connectivity index (χ4n) is 1.47. The van der Waals surface area contributed by atoms with E-state index < -0.39 is 6.10 Å². The molecule has 0 heterocycles. The number of rotatable bonds is 6. The molecule has 0 saturated heterocycles. The summed E-state index contributed by atoms with van der Waals surface area (Å²) in [4.78, 5) is 11.7. The third kappa shape index (κ3) is 2.96. The minimum absolute atomic E-state index is 0.0652. The monoisotopic (exact) mass is 201 g/mol. The van der Waals surface area contributed by atoms with Crippen molar-refractivity contribution in [1.82, 2.24) is 5.32 Å². The number of carbonyl (C=O) groups excluding carboxylic acids is 1. The van der Waals surface area contributed by atoms with E-state index in [0.29, 0.717) is 13.2 Å². The lowest BCUT2D eigenvalue weighted by Gasteiger charge is -2.15. The Labute approximate surface area is 84.6 Å². The molecule has 0 aromatic carbocycles. The first-order valence-electron chi connectivity index (χ1n) is 5.06. The number of aliphatic hydroxyl groups is 1. The maximum Gasteiger partial charge on any atom is 0.226 e. The molecular formula is C10H19NO3. The molecule has 1 unspecified atom stereocenters. The van der Waals surface area contributed by atoms with Crippen molar-refractivity contribution in [2.24, 2.45) is 5.41 Å². The average molecular weight is 201 g/mol. The highest BCUT2D eigenvalue weighted by atomic mass is 16.5. The molecule has 4 heteroatoms. The van der Waals surface area contributed by atoms with Gasteiger partial charge in [-0.15, -0.1) is 0 Å². The quantitative estimate of drug-likeness (QED) is 0.650. The third-order valence-corrected chi connectivity index (χ3v) is 2.68. The van der Waals surface area contributed by atoms with Gasteiger partial charge in [-0.25, -0.2) is 0 Å². The summed E-state index contributed by atoms with van der Waals surface area (Å²) < 4.78 is 4.96. The van der Waals surface area contributed by atoms with Gasteiger partial charge in [0.25, 0.3) is 0 Å². The summed E-state index contributed by atoms with van der Waals surface area (Å²) in [7, 11) is 1.64. The van der Waals surface area contributed by atoms with Crippen LogP contribution >= 0.6 is 0 Å². The number of methoxy groups -OCH3 is 1. The van der Waals surface area contributed by atoms with Crippen LogP contribution in [0.15, 0.2) is 0 Å². The van der Waals surface area contributed by atoms with Gasteiger partial charge in [0.15, 0.2) is 0 Å². The molecule has 14 heavy (non-hydrogen) atoms. The van der Waals surface area contributed by atoms with Gasteiger partial charge in [-0.2, -0.15) is 0 Å². The summed E-state index contributed by atoms with van der Waals surface area (Å²) in [5, 5.41) is 11.8. The molecule has 0 aliphatic heterocycles. The molecule has 1 rings (SSSR count). The summed E-state index contributed by atoms with van der Waals surface area (Å²) in [6.45, 7) is 2.63. The van der Waals surface area contributed by atoms with Crippen molar-refractivity contribution in [3.8, 4) is 0 Å². The minimum atomic E-state index is -0.475. The molecule has 0 radical (unpaired) electrons. The van der Waals surface area contributed by atoms with Crippen LogP contribution in [0.5, 0.6) is 0 Å². The van der Waals surface area contributed by atoms with Crippen molar-refractivity contribution in [1.29, 1.82) is 0 Å². The third-order valence-electron chi connectivity index (χ3n) is 2.68. The smallest absolute Gasteiger partial charge is 0.226 e. The Morgan fingerprint density at radius 2 is 2.29 bits per heavy atom. The second-order valence-corrected chi connectivity index (χ2v) is 4.08. The molecular weight excluding hydrogens is 182 g/mol. The lowest BCUT2D eigenvalue weighted by molar-refractivity contribution is -0.127. The van der Waals surface area contributed by atoms with Crippen LogP contribution < -0.4 is 5.32 Å². The van der Waals surface area contributed by atoms with E-state index in [4.69, 9.17) is 9.84 Å². The molecule has 0 aromatic heterocycles. The molecule has 1 atom stereocenters. The Balaban J connectivity index is 2.28. The Kier molecular flexibility index (Phi) is 3.89.